The molecule has 18 heavy (non-hydrogen) atoms. The van der Waals surface area contributed by atoms with Crippen LogP contribution in [0.25, 0.3) is 0 Å². The zero-order chi connectivity index (χ0) is 13.3. The summed E-state index contributed by atoms with van der Waals surface area (Å²) < 4.78 is 27.6. The van der Waals surface area contributed by atoms with E-state index >= 15 is 0 Å². The maximum Gasteiger partial charge on any atom is 0.137 e. The highest BCUT2D eigenvalue weighted by Gasteiger charge is 2.15. The summed E-state index contributed by atoms with van der Waals surface area (Å²) in [5.74, 6) is -0.629. The van der Waals surface area contributed by atoms with Gasteiger partial charge in [-0.15, -0.1) is 0 Å². The Hall–Kier alpha value is -0.260. The third-order valence-corrected chi connectivity index (χ3v) is 4.82. The molecule has 0 nitrogen and oxygen atoms in total. The van der Waals surface area contributed by atoms with Gasteiger partial charge in [-0.2, -0.15) is 0 Å². The molecule has 0 fully saturated rings. The highest BCUT2D eigenvalue weighted by Crippen LogP contribution is 2.36. The second-order valence-corrected chi connectivity index (χ2v) is 6.33. The summed E-state index contributed by atoms with van der Waals surface area (Å²) in [5, 5.41) is 0. The van der Waals surface area contributed by atoms with Gasteiger partial charge >= 0.3 is 0 Å². The average Bonchev–Trinajstić information content (AvgIpc) is 2.35. The van der Waals surface area contributed by atoms with Gasteiger partial charge in [0.1, 0.15) is 11.6 Å². The van der Waals surface area contributed by atoms with Gasteiger partial charge in [0, 0.05) is 4.47 Å². The molecule has 1 atom stereocenters. The van der Waals surface area contributed by atoms with Crippen LogP contribution in [-0.4, -0.2) is 0 Å². The van der Waals surface area contributed by atoms with E-state index in [0.717, 1.165) is 15.6 Å². The summed E-state index contributed by atoms with van der Waals surface area (Å²) in [7, 11) is 0. The van der Waals surface area contributed by atoms with E-state index in [2.05, 4.69) is 47.8 Å². The van der Waals surface area contributed by atoms with Gasteiger partial charge in [0.2, 0.25) is 0 Å². The van der Waals surface area contributed by atoms with Gasteiger partial charge in [-0.1, -0.05) is 37.9 Å². The molecule has 5 heteroatoms. The monoisotopic (exact) mass is 438 g/mol. The molecule has 0 radical (unpaired) electrons. The van der Waals surface area contributed by atoms with Crippen molar-refractivity contribution < 1.29 is 8.78 Å². The van der Waals surface area contributed by atoms with Crippen LogP contribution in [0.15, 0.2) is 45.3 Å². The van der Waals surface area contributed by atoms with Crippen molar-refractivity contribution in [1.82, 2.24) is 0 Å². The molecule has 2 rings (SSSR count). The number of benzene rings is 2. The van der Waals surface area contributed by atoms with Crippen LogP contribution < -0.4 is 0 Å². The molecular weight excluding hydrogens is 434 g/mol. The van der Waals surface area contributed by atoms with E-state index in [4.69, 9.17) is 0 Å². The van der Waals surface area contributed by atoms with Gasteiger partial charge < -0.3 is 0 Å². The van der Waals surface area contributed by atoms with Gasteiger partial charge in [-0.05, 0) is 57.4 Å². The molecule has 0 aliphatic carbocycles. The molecule has 0 N–H and O–H groups in total. The Labute approximate surface area is 129 Å². The average molecular weight is 441 g/mol. The first-order valence-electron chi connectivity index (χ1n) is 5.03. The molecule has 0 saturated carbocycles. The SMILES string of the molecule is Fc1ccc(Br)c(C(Br)c2ccc(F)c(Br)c2)c1. The third kappa shape index (κ3) is 3.00. The summed E-state index contributed by atoms with van der Waals surface area (Å²) in [6, 6.07) is 9.19. The van der Waals surface area contributed by atoms with Gasteiger partial charge in [-0.25, -0.2) is 8.78 Å². The molecule has 0 spiro atoms. The van der Waals surface area contributed by atoms with Gasteiger partial charge in [-0.3, -0.25) is 0 Å². The van der Waals surface area contributed by atoms with Gasteiger partial charge in [0.25, 0.3) is 0 Å². The van der Waals surface area contributed by atoms with Crippen molar-refractivity contribution in [2.24, 2.45) is 0 Å². The van der Waals surface area contributed by atoms with Crippen molar-refractivity contribution >= 4 is 47.8 Å². The molecule has 0 saturated heterocycles. The minimum atomic E-state index is -0.322. The zero-order valence-electron chi connectivity index (χ0n) is 8.93. The first-order valence-corrected chi connectivity index (χ1v) is 7.53. The van der Waals surface area contributed by atoms with Crippen LogP contribution in [0.5, 0.6) is 0 Å². The summed E-state index contributed by atoms with van der Waals surface area (Å²) in [4.78, 5) is -0.209. The van der Waals surface area contributed by atoms with Crippen molar-refractivity contribution in [3.05, 3.63) is 68.1 Å². The first-order chi connectivity index (χ1) is 8.49. The Bertz CT molecular complexity index is 584. The quantitative estimate of drug-likeness (QED) is 0.504. The maximum atomic E-state index is 13.3. The molecule has 0 aliphatic rings. The Morgan fingerprint density at radius 2 is 1.61 bits per heavy atom. The number of alkyl halides is 1. The van der Waals surface area contributed by atoms with Crippen molar-refractivity contribution in [2.45, 2.75) is 4.83 Å². The fraction of sp³-hybridized carbons (Fsp3) is 0.0769. The van der Waals surface area contributed by atoms with Crippen LogP contribution in [0.4, 0.5) is 8.78 Å². The number of hydrogen-bond acceptors (Lipinski definition) is 0. The molecule has 0 aromatic heterocycles. The smallest absolute Gasteiger partial charge is 0.137 e. The maximum absolute atomic E-state index is 13.3. The largest absolute Gasteiger partial charge is 0.207 e. The lowest BCUT2D eigenvalue weighted by molar-refractivity contribution is 0.619. The molecule has 2 aromatic rings. The topological polar surface area (TPSA) is 0 Å². The minimum absolute atomic E-state index is 0.209. The van der Waals surface area contributed by atoms with Crippen LogP contribution in [0, 0.1) is 11.6 Å². The van der Waals surface area contributed by atoms with E-state index in [-0.39, 0.29) is 16.5 Å². The van der Waals surface area contributed by atoms with Crippen LogP contribution >= 0.6 is 47.8 Å². The van der Waals surface area contributed by atoms with Crippen LogP contribution in [0.1, 0.15) is 16.0 Å². The summed E-state index contributed by atoms with van der Waals surface area (Å²) in [5.41, 5.74) is 1.60. The third-order valence-electron chi connectivity index (χ3n) is 2.47. The predicted molar refractivity (Wildman–Crippen MR) is 79.0 cm³/mol. The van der Waals surface area contributed by atoms with E-state index < -0.39 is 0 Å². The Balaban J connectivity index is 2.44. The van der Waals surface area contributed by atoms with E-state index in [1.54, 1.807) is 18.2 Å². The highest BCUT2D eigenvalue weighted by molar-refractivity contribution is 9.11. The van der Waals surface area contributed by atoms with Gasteiger partial charge in [0.05, 0.1) is 9.30 Å². The molecular formula is C13H7Br3F2. The Kier molecular flexibility index (Phi) is 4.56. The molecule has 0 aliphatic heterocycles. The van der Waals surface area contributed by atoms with Crippen LogP contribution in [0.2, 0.25) is 0 Å². The zero-order valence-corrected chi connectivity index (χ0v) is 13.7. The van der Waals surface area contributed by atoms with E-state index in [1.165, 1.54) is 18.2 Å². The molecule has 0 bridgehead atoms. The van der Waals surface area contributed by atoms with Crippen molar-refractivity contribution in [2.75, 3.05) is 0 Å². The van der Waals surface area contributed by atoms with E-state index in [0.29, 0.717) is 4.47 Å². The second kappa shape index (κ2) is 5.80. The Morgan fingerprint density at radius 1 is 0.889 bits per heavy atom. The lowest BCUT2D eigenvalue weighted by Gasteiger charge is -2.13. The van der Waals surface area contributed by atoms with E-state index in [9.17, 15) is 8.78 Å². The van der Waals surface area contributed by atoms with Crippen molar-refractivity contribution in [1.29, 1.82) is 0 Å². The standard InChI is InChI=1S/C13H7Br3F2/c14-10-3-2-8(17)6-9(10)13(16)7-1-4-12(18)11(15)5-7/h1-6,13H. The number of rotatable bonds is 2. The fourth-order valence-corrected chi connectivity index (χ4v) is 3.40. The molecule has 0 heterocycles. The Morgan fingerprint density at radius 3 is 2.28 bits per heavy atom. The summed E-state index contributed by atoms with van der Waals surface area (Å²) in [6.07, 6.45) is 0. The lowest BCUT2D eigenvalue weighted by atomic mass is 10.0. The summed E-state index contributed by atoms with van der Waals surface area (Å²) in [6.45, 7) is 0. The summed E-state index contributed by atoms with van der Waals surface area (Å²) >= 11 is 10.0. The molecule has 1 unspecified atom stereocenters. The normalized spacial score (nSPS) is 12.5. The van der Waals surface area contributed by atoms with Crippen molar-refractivity contribution in [3.8, 4) is 0 Å². The predicted octanol–water partition coefficient (Wildman–Crippen LogP) is 5.97. The second-order valence-electron chi connectivity index (χ2n) is 3.70. The van der Waals surface area contributed by atoms with Crippen molar-refractivity contribution in [3.63, 3.8) is 0 Å². The fourth-order valence-electron chi connectivity index (χ4n) is 1.56. The van der Waals surface area contributed by atoms with E-state index in [1.807, 2.05) is 0 Å². The lowest BCUT2D eigenvalue weighted by Crippen LogP contribution is -1.96. The molecule has 94 valence electrons. The number of hydrogen-bond donors (Lipinski definition) is 0. The first kappa shape index (κ1) is 14.2. The van der Waals surface area contributed by atoms with Gasteiger partial charge in [0.15, 0.2) is 0 Å². The number of halogens is 5. The molecule has 2 aromatic carbocycles. The van der Waals surface area contributed by atoms with Crippen LogP contribution in [-0.2, 0) is 0 Å². The highest BCUT2D eigenvalue weighted by atomic mass is 79.9. The molecule has 0 amide bonds. The van der Waals surface area contributed by atoms with Crippen LogP contribution in [0.3, 0.4) is 0 Å². The minimum Gasteiger partial charge on any atom is -0.207 e.